The van der Waals surface area contributed by atoms with Crippen LogP contribution in [0.3, 0.4) is 0 Å². The molecule has 3 rings (SSSR count). The van der Waals surface area contributed by atoms with Crippen molar-refractivity contribution >= 4 is 16.7 Å². The second kappa shape index (κ2) is 4.42. The highest BCUT2D eigenvalue weighted by atomic mass is 16.5. The monoisotopic (exact) mass is 261 g/mol. The van der Waals surface area contributed by atoms with Gasteiger partial charge in [-0.2, -0.15) is 0 Å². The van der Waals surface area contributed by atoms with Crippen LogP contribution in [-0.2, 0) is 4.74 Å². The van der Waals surface area contributed by atoms with Crippen molar-refractivity contribution in [2.24, 2.45) is 0 Å². The summed E-state index contributed by atoms with van der Waals surface area (Å²) in [6.45, 7) is 5.02. The zero-order valence-electron chi connectivity index (χ0n) is 11.2. The number of imidazole rings is 1. The minimum Gasteiger partial charge on any atom is -0.382 e. The molecule has 102 valence electrons. The molecule has 0 amide bonds. The van der Waals surface area contributed by atoms with E-state index in [9.17, 15) is 4.79 Å². The van der Waals surface area contributed by atoms with Crippen LogP contribution < -0.4 is 11.0 Å². The number of ether oxygens (including phenoxy) is 1. The predicted molar refractivity (Wildman–Crippen MR) is 75.6 cm³/mol. The fourth-order valence-corrected chi connectivity index (χ4v) is 2.71. The Morgan fingerprint density at radius 2 is 2.11 bits per heavy atom. The molecule has 1 fully saturated rings. The zero-order chi connectivity index (χ0) is 13.5. The molecule has 2 aromatic rings. The van der Waals surface area contributed by atoms with E-state index in [0.717, 1.165) is 36.2 Å². The maximum atomic E-state index is 11.2. The number of anilines is 1. The number of benzene rings is 1. The Bertz CT molecular complexity index is 641. The van der Waals surface area contributed by atoms with Gasteiger partial charge in [-0.3, -0.25) is 0 Å². The molecule has 1 aromatic carbocycles. The average Bonchev–Trinajstić information content (AvgIpc) is 2.67. The second-order valence-electron chi connectivity index (χ2n) is 5.78. The molecule has 19 heavy (non-hydrogen) atoms. The molecular formula is C14H19N3O2. The third-order valence-corrected chi connectivity index (χ3v) is 3.58. The molecule has 1 atom stereocenters. The number of hydrogen-bond donors (Lipinski definition) is 3. The van der Waals surface area contributed by atoms with Crippen LogP contribution in [0.2, 0.25) is 0 Å². The summed E-state index contributed by atoms with van der Waals surface area (Å²) in [6.07, 6.45) is 1.99. The summed E-state index contributed by atoms with van der Waals surface area (Å²) < 4.78 is 5.71. The summed E-state index contributed by atoms with van der Waals surface area (Å²) in [6, 6.07) is 6.29. The van der Waals surface area contributed by atoms with Gasteiger partial charge in [-0.05, 0) is 44.9 Å². The van der Waals surface area contributed by atoms with Crippen molar-refractivity contribution in [2.75, 3.05) is 11.9 Å². The van der Waals surface area contributed by atoms with Crippen LogP contribution in [0.1, 0.15) is 26.7 Å². The number of fused-ring (bicyclic) bond motifs is 1. The minimum atomic E-state index is -0.167. The smallest absolute Gasteiger partial charge is 0.323 e. The van der Waals surface area contributed by atoms with E-state index in [2.05, 4.69) is 29.1 Å². The third-order valence-electron chi connectivity index (χ3n) is 3.58. The van der Waals surface area contributed by atoms with E-state index in [1.165, 1.54) is 0 Å². The van der Waals surface area contributed by atoms with Gasteiger partial charge < -0.3 is 20.0 Å². The van der Waals surface area contributed by atoms with Crippen LogP contribution in [0.5, 0.6) is 0 Å². The van der Waals surface area contributed by atoms with Crippen molar-refractivity contribution in [3.63, 3.8) is 0 Å². The summed E-state index contributed by atoms with van der Waals surface area (Å²) in [5.41, 5.74) is 2.47. The largest absolute Gasteiger partial charge is 0.382 e. The Labute approximate surface area is 111 Å². The van der Waals surface area contributed by atoms with Crippen LogP contribution in [0.15, 0.2) is 23.0 Å². The lowest BCUT2D eigenvalue weighted by atomic mass is 9.94. The molecule has 1 unspecified atom stereocenters. The van der Waals surface area contributed by atoms with Gasteiger partial charge in [0.1, 0.15) is 0 Å². The van der Waals surface area contributed by atoms with Gasteiger partial charge in [-0.1, -0.05) is 0 Å². The Morgan fingerprint density at radius 1 is 1.32 bits per heavy atom. The molecule has 1 aromatic heterocycles. The van der Waals surface area contributed by atoms with Crippen LogP contribution in [0, 0.1) is 0 Å². The Balaban J connectivity index is 1.79. The predicted octanol–water partition coefficient (Wildman–Crippen LogP) is 2.23. The summed E-state index contributed by atoms with van der Waals surface area (Å²) in [5.74, 6) is 0. The highest BCUT2D eigenvalue weighted by Crippen LogP contribution is 2.26. The maximum absolute atomic E-state index is 11.2. The number of hydrogen-bond acceptors (Lipinski definition) is 3. The fourth-order valence-electron chi connectivity index (χ4n) is 2.71. The van der Waals surface area contributed by atoms with Gasteiger partial charge in [0.15, 0.2) is 0 Å². The van der Waals surface area contributed by atoms with E-state index in [4.69, 9.17) is 4.74 Å². The molecule has 0 saturated carbocycles. The number of nitrogens with one attached hydrogen (secondary N) is 3. The topological polar surface area (TPSA) is 69.9 Å². The first kappa shape index (κ1) is 12.3. The van der Waals surface area contributed by atoms with Crippen molar-refractivity contribution in [3.05, 3.63) is 28.7 Å². The lowest BCUT2D eigenvalue weighted by Gasteiger charge is -2.36. The van der Waals surface area contributed by atoms with Gasteiger partial charge in [0.05, 0.1) is 16.6 Å². The highest BCUT2D eigenvalue weighted by molar-refractivity contribution is 5.78. The molecule has 1 aliphatic heterocycles. The minimum absolute atomic E-state index is 0.0670. The molecule has 1 aliphatic rings. The van der Waals surface area contributed by atoms with Crippen LogP contribution in [0.4, 0.5) is 5.69 Å². The van der Waals surface area contributed by atoms with Crippen molar-refractivity contribution in [3.8, 4) is 0 Å². The summed E-state index contributed by atoms with van der Waals surface area (Å²) >= 11 is 0. The first-order chi connectivity index (χ1) is 9.02. The number of H-pyrrole nitrogens is 2. The molecule has 0 spiro atoms. The lowest BCUT2D eigenvalue weighted by Crippen LogP contribution is -2.40. The zero-order valence-corrected chi connectivity index (χ0v) is 11.2. The molecular weight excluding hydrogens is 242 g/mol. The van der Waals surface area contributed by atoms with E-state index < -0.39 is 0 Å². The van der Waals surface area contributed by atoms with Crippen molar-refractivity contribution < 1.29 is 4.74 Å². The van der Waals surface area contributed by atoms with Gasteiger partial charge in [-0.15, -0.1) is 0 Å². The number of rotatable bonds is 2. The average molecular weight is 261 g/mol. The third kappa shape index (κ3) is 2.66. The normalized spacial score (nSPS) is 22.5. The molecule has 5 nitrogen and oxygen atoms in total. The van der Waals surface area contributed by atoms with Gasteiger partial charge in [0.2, 0.25) is 0 Å². The first-order valence-electron chi connectivity index (χ1n) is 6.64. The van der Waals surface area contributed by atoms with Crippen LogP contribution in [-0.4, -0.2) is 28.2 Å². The standard InChI is InChI=1S/C14H19N3O2/c1-14(2)8-10(5-6-19-14)15-9-3-4-11-12(7-9)17-13(18)16-11/h3-4,7,10,15H,5-6,8H2,1-2H3,(H2,16,17,18). The molecule has 5 heteroatoms. The molecule has 2 heterocycles. The Morgan fingerprint density at radius 3 is 2.89 bits per heavy atom. The van der Waals surface area contributed by atoms with Crippen molar-refractivity contribution in [1.82, 2.24) is 9.97 Å². The Kier molecular flexibility index (Phi) is 2.86. The van der Waals surface area contributed by atoms with Gasteiger partial charge in [-0.25, -0.2) is 4.79 Å². The van der Waals surface area contributed by atoms with E-state index in [-0.39, 0.29) is 11.3 Å². The SMILES string of the molecule is CC1(C)CC(Nc2ccc3[nH]c(=O)[nH]c3c2)CCO1. The van der Waals surface area contributed by atoms with Crippen LogP contribution >= 0.6 is 0 Å². The molecule has 0 radical (unpaired) electrons. The van der Waals surface area contributed by atoms with Crippen molar-refractivity contribution in [1.29, 1.82) is 0 Å². The molecule has 3 N–H and O–H groups in total. The van der Waals surface area contributed by atoms with Gasteiger partial charge >= 0.3 is 5.69 Å². The van der Waals surface area contributed by atoms with Gasteiger partial charge in [0, 0.05) is 18.3 Å². The molecule has 0 aliphatic carbocycles. The fraction of sp³-hybridized carbons (Fsp3) is 0.500. The lowest BCUT2D eigenvalue weighted by molar-refractivity contribution is -0.0553. The number of aromatic nitrogens is 2. The Hall–Kier alpha value is -1.75. The number of aromatic amines is 2. The van der Waals surface area contributed by atoms with E-state index in [1.807, 2.05) is 18.2 Å². The second-order valence-corrected chi connectivity index (χ2v) is 5.78. The van der Waals surface area contributed by atoms with Crippen LogP contribution in [0.25, 0.3) is 11.0 Å². The van der Waals surface area contributed by atoms with Gasteiger partial charge in [0.25, 0.3) is 0 Å². The maximum Gasteiger partial charge on any atom is 0.323 e. The van der Waals surface area contributed by atoms with Crippen molar-refractivity contribution in [2.45, 2.75) is 38.3 Å². The summed E-state index contributed by atoms with van der Waals surface area (Å²) in [5, 5.41) is 3.52. The summed E-state index contributed by atoms with van der Waals surface area (Å²) in [4.78, 5) is 16.7. The first-order valence-corrected chi connectivity index (χ1v) is 6.64. The summed E-state index contributed by atoms with van der Waals surface area (Å²) in [7, 11) is 0. The molecule has 1 saturated heterocycles. The quantitative estimate of drug-likeness (QED) is 0.776. The van der Waals surface area contributed by atoms with E-state index >= 15 is 0 Å². The highest BCUT2D eigenvalue weighted by Gasteiger charge is 2.28. The van der Waals surface area contributed by atoms with E-state index in [1.54, 1.807) is 0 Å². The van der Waals surface area contributed by atoms with E-state index in [0.29, 0.717) is 6.04 Å². The molecule has 0 bridgehead atoms.